The molecule has 0 radical (unpaired) electrons. The van der Waals surface area contributed by atoms with Gasteiger partial charge in [0.2, 0.25) is 10.0 Å². The molecule has 1 saturated heterocycles. The summed E-state index contributed by atoms with van der Waals surface area (Å²) in [7, 11) is -4.24. The number of nitrogens with two attached hydrogens (primary N) is 1. The Labute approximate surface area is 121 Å². The lowest BCUT2D eigenvalue weighted by molar-refractivity contribution is -0.0588. The Bertz CT molecular complexity index is 630. The van der Waals surface area contributed by atoms with E-state index < -0.39 is 37.8 Å². The minimum atomic E-state index is -4.24. The molecular weight excluding hydrogens is 306 g/mol. The Balaban J connectivity index is 2.17. The molecule has 1 aromatic rings. The summed E-state index contributed by atoms with van der Waals surface area (Å²) in [5, 5.41) is 10.2. The molecule has 21 heavy (non-hydrogen) atoms. The number of nitrogens with one attached hydrogen (secondary N) is 1. The van der Waals surface area contributed by atoms with E-state index in [9.17, 15) is 22.3 Å². The number of sulfonamides is 1. The van der Waals surface area contributed by atoms with Gasteiger partial charge in [0, 0.05) is 38.7 Å². The second kappa shape index (κ2) is 5.84. The molecule has 0 aromatic heterocycles. The van der Waals surface area contributed by atoms with Crippen molar-refractivity contribution < 1.29 is 27.0 Å². The summed E-state index contributed by atoms with van der Waals surface area (Å²) in [5.74, 6) is -2.28. The summed E-state index contributed by atoms with van der Waals surface area (Å²) >= 11 is 0. The molecule has 1 aromatic carbocycles. The van der Waals surface area contributed by atoms with Crippen LogP contribution >= 0.6 is 0 Å². The maximum Gasteiger partial charge on any atom is 0.243 e. The second-order valence-corrected chi connectivity index (χ2v) is 6.70. The zero-order valence-electron chi connectivity index (χ0n) is 11.1. The van der Waals surface area contributed by atoms with Crippen molar-refractivity contribution in [3.63, 3.8) is 0 Å². The van der Waals surface area contributed by atoms with Crippen LogP contribution in [0.15, 0.2) is 17.0 Å². The van der Waals surface area contributed by atoms with E-state index in [1.165, 1.54) is 0 Å². The van der Waals surface area contributed by atoms with Crippen molar-refractivity contribution in [1.82, 2.24) is 4.72 Å². The molecule has 4 N–H and O–H groups in total. The van der Waals surface area contributed by atoms with Crippen molar-refractivity contribution in [2.75, 3.05) is 25.5 Å². The minimum absolute atomic E-state index is 0.267. The van der Waals surface area contributed by atoms with E-state index in [0.717, 1.165) is 0 Å². The SMILES string of the molecule is Nc1cc(S(=O)(=O)NCC2(O)CCOCC2)c(F)cc1F. The van der Waals surface area contributed by atoms with Gasteiger partial charge in [-0.1, -0.05) is 0 Å². The largest absolute Gasteiger partial charge is 0.396 e. The van der Waals surface area contributed by atoms with Crippen molar-refractivity contribution >= 4 is 15.7 Å². The smallest absolute Gasteiger partial charge is 0.243 e. The lowest BCUT2D eigenvalue weighted by atomic mass is 9.95. The highest BCUT2D eigenvalue weighted by Gasteiger charge is 2.32. The minimum Gasteiger partial charge on any atom is -0.396 e. The molecule has 1 aliphatic rings. The van der Waals surface area contributed by atoms with Gasteiger partial charge in [0.25, 0.3) is 0 Å². The van der Waals surface area contributed by atoms with Crippen molar-refractivity contribution in [2.24, 2.45) is 0 Å². The molecule has 0 amide bonds. The number of benzene rings is 1. The quantitative estimate of drug-likeness (QED) is 0.695. The number of aliphatic hydroxyl groups is 1. The summed E-state index contributed by atoms with van der Waals surface area (Å²) in [6.45, 7) is 0.349. The number of hydrogen-bond donors (Lipinski definition) is 3. The topological polar surface area (TPSA) is 102 Å². The first-order chi connectivity index (χ1) is 9.73. The Kier molecular flexibility index (Phi) is 4.47. The van der Waals surface area contributed by atoms with Gasteiger partial charge in [-0.3, -0.25) is 0 Å². The molecule has 9 heteroatoms. The van der Waals surface area contributed by atoms with E-state index in [1.807, 2.05) is 0 Å². The van der Waals surface area contributed by atoms with Gasteiger partial charge in [-0.05, 0) is 6.07 Å². The normalized spacial score (nSPS) is 18.6. The number of rotatable bonds is 4. The zero-order valence-corrected chi connectivity index (χ0v) is 11.9. The van der Waals surface area contributed by atoms with Crippen LogP contribution in [0.1, 0.15) is 12.8 Å². The third-order valence-electron chi connectivity index (χ3n) is 3.36. The zero-order chi connectivity index (χ0) is 15.7. The van der Waals surface area contributed by atoms with Gasteiger partial charge in [0.1, 0.15) is 16.5 Å². The fraction of sp³-hybridized carbons (Fsp3) is 0.500. The van der Waals surface area contributed by atoms with Gasteiger partial charge in [-0.15, -0.1) is 0 Å². The highest BCUT2D eigenvalue weighted by atomic mass is 32.2. The number of hydrogen-bond acceptors (Lipinski definition) is 5. The van der Waals surface area contributed by atoms with Crippen LogP contribution in [-0.2, 0) is 14.8 Å². The molecule has 0 atom stereocenters. The monoisotopic (exact) mass is 322 g/mol. The molecular formula is C12H16F2N2O4S. The number of anilines is 1. The van der Waals surface area contributed by atoms with Crippen LogP contribution in [0.2, 0.25) is 0 Å². The molecule has 0 saturated carbocycles. The van der Waals surface area contributed by atoms with Gasteiger partial charge < -0.3 is 15.6 Å². The first kappa shape index (κ1) is 16.1. The fourth-order valence-electron chi connectivity index (χ4n) is 1.99. The van der Waals surface area contributed by atoms with E-state index in [2.05, 4.69) is 4.72 Å². The number of nitrogen functional groups attached to an aromatic ring is 1. The Hall–Kier alpha value is -1.29. The summed E-state index contributed by atoms with van der Waals surface area (Å²) in [5.41, 5.74) is 3.54. The molecule has 0 unspecified atom stereocenters. The first-order valence-corrected chi connectivity index (χ1v) is 7.76. The van der Waals surface area contributed by atoms with Gasteiger partial charge in [-0.2, -0.15) is 0 Å². The van der Waals surface area contributed by atoms with Crippen molar-refractivity contribution in [1.29, 1.82) is 0 Å². The standard InChI is InChI=1S/C12H16F2N2O4S/c13-8-5-9(14)11(6-10(8)15)21(18,19)16-7-12(17)1-3-20-4-2-12/h5-6,16-17H,1-4,7,15H2. The van der Waals surface area contributed by atoms with Crippen LogP contribution in [0.4, 0.5) is 14.5 Å². The molecule has 0 bridgehead atoms. The first-order valence-electron chi connectivity index (χ1n) is 6.28. The second-order valence-electron chi connectivity index (χ2n) is 4.97. The predicted octanol–water partition coefficient (Wildman–Crippen LogP) is 0.367. The fourth-order valence-corrected chi connectivity index (χ4v) is 3.20. The third kappa shape index (κ3) is 3.67. The molecule has 0 spiro atoms. The van der Waals surface area contributed by atoms with E-state index in [0.29, 0.717) is 25.3 Å². The highest BCUT2D eigenvalue weighted by Crippen LogP contribution is 2.23. The Morgan fingerprint density at radius 1 is 1.29 bits per heavy atom. The van der Waals surface area contributed by atoms with Crippen LogP contribution < -0.4 is 10.5 Å². The molecule has 6 nitrogen and oxygen atoms in total. The number of halogens is 2. The molecule has 1 fully saturated rings. The van der Waals surface area contributed by atoms with Crippen LogP contribution in [0, 0.1) is 11.6 Å². The van der Waals surface area contributed by atoms with Gasteiger partial charge in [0.15, 0.2) is 0 Å². The maximum absolute atomic E-state index is 13.6. The van der Waals surface area contributed by atoms with E-state index in [1.54, 1.807) is 0 Å². The van der Waals surface area contributed by atoms with Gasteiger partial charge in [0.05, 0.1) is 11.3 Å². The Morgan fingerprint density at radius 3 is 2.52 bits per heavy atom. The van der Waals surface area contributed by atoms with Crippen LogP contribution in [0.25, 0.3) is 0 Å². The van der Waals surface area contributed by atoms with Crippen molar-refractivity contribution in [3.8, 4) is 0 Å². The van der Waals surface area contributed by atoms with Gasteiger partial charge >= 0.3 is 0 Å². The van der Waals surface area contributed by atoms with Crippen molar-refractivity contribution in [3.05, 3.63) is 23.8 Å². The van der Waals surface area contributed by atoms with E-state index >= 15 is 0 Å². The van der Waals surface area contributed by atoms with E-state index in [-0.39, 0.29) is 19.4 Å². The molecule has 1 heterocycles. The van der Waals surface area contributed by atoms with Crippen molar-refractivity contribution in [2.45, 2.75) is 23.3 Å². The van der Waals surface area contributed by atoms with Crippen LogP contribution in [-0.4, -0.2) is 38.9 Å². The maximum atomic E-state index is 13.6. The summed E-state index contributed by atoms with van der Waals surface area (Å²) < 4.78 is 57.9. The molecule has 1 aliphatic heterocycles. The predicted molar refractivity (Wildman–Crippen MR) is 71.0 cm³/mol. The van der Waals surface area contributed by atoms with Gasteiger partial charge in [-0.25, -0.2) is 21.9 Å². The average Bonchev–Trinajstić information content (AvgIpc) is 2.42. The van der Waals surface area contributed by atoms with E-state index in [4.69, 9.17) is 10.5 Å². The highest BCUT2D eigenvalue weighted by molar-refractivity contribution is 7.89. The lowest BCUT2D eigenvalue weighted by Crippen LogP contribution is -2.46. The van der Waals surface area contributed by atoms with Crippen LogP contribution in [0.3, 0.4) is 0 Å². The van der Waals surface area contributed by atoms with Crippen LogP contribution in [0.5, 0.6) is 0 Å². The average molecular weight is 322 g/mol. The summed E-state index contributed by atoms with van der Waals surface area (Å²) in [6, 6.07) is 1.12. The third-order valence-corrected chi connectivity index (χ3v) is 4.77. The lowest BCUT2D eigenvalue weighted by Gasteiger charge is -2.31. The molecule has 118 valence electrons. The molecule has 0 aliphatic carbocycles. The summed E-state index contributed by atoms with van der Waals surface area (Å²) in [4.78, 5) is -0.753. The Morgan fingerprint density at radius 2 is 1.90 bits per heavy atom. The summed E-state index contributed by atoms with van der Waals surface area (Å²) in [6.07, 6.45) is 0.535. The molecule has 2 rings (SSSR count). The number of ether oxygens (including phenoxy) is 1.